The highest BCUT2D eigenvalue weighted by Gasteiger charge is 2.19. The fourth-order valence-corrected chi connectivity index (χ4v) is 1.40. The SMILES string of the molecule is CC(=O)NC(CCCN=C(N)N)C(=O)NC(C)C. The summed E-state index contributed by atoms with van der Waals surface area (Å²) in [4.78, 5) is 26.7. The van der Waals surface area contributed by atoms with Crippen LogP contribution in [-0.2, 0) is 9.59 Å². The number of aliphatic imine (C=N–C) groups is 1. The van der Waals surface area contributed by atoms with Gasteiger partial charge in [-0.3, -0.25) is 14.6 Å². The zero-order valence-corrected chi connectivity index (χ0v) is 11.2. The lowest BCUT2D eigenvalue weighted by atomic mass is 10.1. The number of nitrogens with one attached hydrogen (secondary N) is 2. The second-order valence-electron chi connectivity index (χ2n) is 4.37. The first-order valence-electron chi connectivity index (χ1n) is 5.95. The monoisotopic (exact) mass is 257 g/mol. The Morgan fingerprint density at radius 1 is 1.22 bits per heavy atom. The lowest BCUT2D eigenvalue weighted by Gasteiger charge is -2.18. The third kappa shape index (κ3) is 8.37. The fraction of sp³-hybridized carbons (Fsp3) is 0.727. The van der Waals surface area contributed by atoms with E-state index in [4.69, 9.17) is 11.5 Å². The molecule has 0 saturated heterocycles. The summed E-state index contributed by atoms with van der Waals surface area (Å²) < 4.78 is 0. The number of guanidine groups is 1. The van der Waals surface area contributed by atoms with E-state index in [1.54, 1.807) is 0 Å². The number of hydrogen-bond acceptors (Lipinski definition) is 3. The number of nitrogens with two attached hydrogens (primary N) is 2. The molecule has 0 aromatic rings. The Morgan fingerprint density at radius 3 is 2.28 bits per heavy atom. The zero-order valence-electron chi connectivity index (χ0n) is 11.2. The Hall–Kier alpha value is -1.79. The van der Waals surface area contributed by atoms with E-state index in [1.165, 1.54) is 6.92 Å². The maximum absolute atomic E-state index is 11.8. The van der Waals surface area contributed by atoms with Gasteiger partial charge in [-0.15, -0.1) is 0 Å². The Kier molecular flexibility index (Phi) is 7.50. The highest BCUT2D eigenvalue weighted by molar-refractivity contribution is 5.86. The quantitative estimate of drug-likeness (QED) is 0.267. The van der Waals surface area contributed by atoms with Gasteiger partial charge in [0.1, 0.15) is 6.04 Å². The average molecular weight is 257 g/mol. The molecular formula is C11H23N5O2. The smallest absolute Gasteiger partial charge is 0.242 e. The second kappa shape index (κ2) is 8.32. The molecule has 7 nitrogen and oxygen atoms in total. The largest absolute Gasteiger partial charge is 0.370 e. The Balaban J connectivity index is 4.26. The first-order valence-corrected chi connectivity index (χ1v) is 5.95. The van der Waals surface area contributed by atoms with E-state index in [0.29, 0.717) is 19.4 Å². The van der Waals surface area contributed by atoms with Gasteiger partial charge >= 0.3 is 0 Å². The van der Waals surface area contributed by atoms with Crippen molar-refractivity contribution in [3.8, 4) is 0 Å². The van der Waals surface area contributed by atoms with E-state index in [-0.39, 0.29) is 23.8 Å². The molecular weight excluding hydrogens is 234 g/mol. The molecule has 0 bridgehead atoms. The molecule has 0 heterocycles. The highest BCUT2D eigenvalue weighted by atomic mass is 16.2. The minimum Gasteiger partial charge on any atom is -0.370 e. The van der Waals surface area contributed by atoms with E-state index in [9.17, 15) is 9.59 Å². The van der Waals surface area contributed by atoms with Crippen LogP contribution in [0.5, 0.6) is 0 Å². The number of carbonyl (C=O) groups excluding carboxylic acids is 2. The average Bonchev–Trinajstić information content (AvgIpc) is 2.20. The maximum atomic E-state index is 11.8. The molecule has 0 aliphatic heterocycles. The molecule has 0 aromatic carbocycles. The lowest BCUT2D eigenvalue weighted by Crippen LogP contribution is -2.48. The Labute approximate surface area is 107 Å². The van der Waals surface area contributed by atoms with Crippen LogP contribution in [0.4, 0.5) is 0 Å². The number of rotatable bonds is 7. The number of nitrogens with zero attached hydrogens (tertiary/aromatic N) is 1. The van der Waals surface area contributed by atoms with Crippen LogP contribution in [0.1, 0.15) is 33.6 Å². The summed E-state index contributed by atoms with van der Waals surface area (Å²) in [6.45, 7) is 5.54. The first kappa shape index (κ1) is 16.2. The van der Waals surface area contributed by atoms with Crippen LogP contribution in [0.15, 0.2) is 4.99 Å². The van der Waals surface area contributed by atoms with Gasteiger partial charge in [-0.25, -0.2) is 0 Å². The second-order valence-corrected chi connectivity index (χ2v) is 4.37. The highest BCUT2D eigenvalue weighted by Crippen LogP contribution is 1.99. The molecule has 1 atom stereocenters. The van der Waals surface area contributed by atoms with Crippen molar-refractivity contribution in [2.45, 2.75) is 45.7 Å². The third-order valence-electron chi connectivity index (χ3n) is 2.07. The van der Waals surface area contributed by atoms with Crippen molar-refractivity contribution in [3.63, 3.8) is 0 Å². The van der Waals surface area contributed by atoms with Crippen LogP contribution in [0, 0.1) is 0 Å². The van der Waals surface area contributed by atoms with E-state index in [0.717, 1.165) is 0 Å². The van der Waals surface area contributed by atoms with Crippen LogP contribution in [-0.4, -0.2) is 36.4 Å². The predicted molar refractivity (Wildman–Crippen MR) is 70.8 cm³/mol. The molecule has 6 N–H and O–H groups in total. The van der Waals surface area contributed by atoms with Gasteiger partial charge in [0.25, 0.3) is 0 Å². The molecule has 7 heteroatoms. The van der Waals surface area contributed by atoms with Gasteiger partial charge in [0.2, 0.25) is 11.8 Å². The van der Waals surface area contributed by atoms with Crippen molar-refractivity contribution in [3.05, 3.63) is 0 Å². The number of amides is 2. The van der Waals surface area contributed by atoms with Crippen molar-refractivity contribution in [1.29, 1.82) is 0 Å². The van der Waals surface area contributed by atoms with Crippen LogP contribution >= 0.6 is 0 Å². The molecule has 104 valence electrons. The predicted octanol–water partition coefficient (Wildman–Crippen LogP) is -0.931. The minimum atomic E-state index is -0.543. The number of carbonyl (C=O) groups is 2. The summed E-state index contributed by atoms with van der Waals surface area (Å²) in [5.74, 6) is -0.400. The number of hydrogen-bond donors (Lipinski definition) is 4. The van der Waals surface area contributed by atoms with Crippen molar-refractivity contribution in [2.75, 3.05) is 6.54 Å². The van der Waals surface area contributed by atoms with Gasteiger partial charge in [-0.05, 0) is 26.7 Å². The molecule has 1 unspecified atom stereocenters. The summed E-state index contributed by atoms with van der Waals surface area (Å²) in [6, 6.07) is -0.509. The Morgan fingerprint density at radius 2 is 1.83 bits per heavy atom. The molecule has 18 heavy (non-hydrogen) atoms. The van der Waals surface area contributed by atoms with Gasteiger partial charge in [0.15, 0.2) is 5.96 Å². The summed E-state index contributed by atoms with van der Waals surface area (Å²) in [5, 5.41) is 5.37. The molecule has 0 fully saturated rings. The molecule has 0 aliphatic rings. The topological polar surface area (TPSA) is 123 Å². The van der Waals surface area contributed by atoms with Crippen LogP contribution < -0.4 is 22.1 Å². The van der Waals surface area contributed by atoms with Gasteiger partial charge in [-0.2, -0.15) is 0 Å². The molecule has 2 amide bonds. The van der Waals surface area contributed by atoms with E-state index >= 15 is 0 Å². The van der Waals surface area contributed by atoms with Crippen LogP contribution in [0.3, 0.4) is 0 Å². The van der Waals surface area contributed by atoms with Gasteiger partial charge in [-0.1, -0.05) is 0 Å². The van der Waals surface area contributed by atoms with Crippen molar-refractivity contribution in [2.24, 2.45) is 16.5 Å². The van der Waals surface area contributed by atoms with E-state index in [1.807, 2.05) is 13.8 Å². The van der Waals surface area contributed by atoms with Crippen molar-refractivity contribution in [1.82, 2.24) is 10.6 Å². The zero-order chi connectivity index (χ0) is 14.1. The summed E-state index contributed by atoms with van der Waals surface area (Å²) in [7, 11) is 0. The van der Waals surface area contributed by atoms with Gasteiger partial charge < -0.3 is 22.1 Å². The lowest BCUT2D eigenvalue weighted by molar-refractivity contribution is -0.128. The summed E-state index contributed by atoms with van der Waals surface area (Å²) in [5.41, 5.74) is 10.4. The first-order chi connectivity index (χ1) is 8.32. The summed E-state index contributed by atoms with van der Waals surface area (Å²) in [6.07, 6.45) is 1.11. The molecule has 0 rings (SSSR count). The van der Waals surface area contributed by atoms with Crippen LogP contribution in [0.2, 0.25) is 0 Å². The third-order valence-corrected chi connectivity index (χ3v) is 2.07. The minimum absolute atomic E-state index is 0.0257. The van der Waals surface area contributed by atoms with Crippen molar-refractivity contribution >= 4 is 17.8 Å². The normalized spacial score (nSPS) is 11.8. The molecule has 0 aromatic heterocycles. The summed E-state index contributed by atoms with van der Waals surface area (Å²) >= 11 is 0. The van der Waals surface area contributed by atoms with E-state index in [2.05, 4.69) is 15.6 Å². The van der Waals surface area contributed by atoms with Gasteiger partial charge in [0.05, 0.1) is 0 Å². The van der Waals surface area contributed by atoms with Crippen LogP contribution in [0.25, 0.3) is 0 Å². The van der Waals surface area contributed by atoms with Gasteiger partial charge in [0, 0.05) is 19.5 Å². The van der Waals surface area contributed by atoms with Crippen molar-refractivity contribution < 1.29 is 9.59 Å². The molecule has 0 saturated carbocycles. The fourth-order valence-electron chi connectivity index (χ4n) is 1.40. The van der Waals surface area contributed by atoms with E-state index < -0.39 is 6.04 Å². The molecule has 0 aliphatic carbocycles. The molecule has 0 spiro atoms. The standard InChI is InChI=1S/C11H23N5O2/c1-7(2)15-10(18)9(16-8(3)17)5-4-6-14-11(12)13/h7,9H,4-6H2,1-3H3,(H,15,18)(H,16,17)(H4,12,13,14). The maximum Gasteiger partial charge on any atom is 0.242 e. The molecule has 0 radical (unpaired) electrons. The Bertz CT molecular complexity index is 311.